The molecule has 7 heteroatoms. The summed E-state index contributed by atoms with van der Waals surface area (Å²) >= 11 is 0. The van der Waals surface area contributed by atoms with E-state index in [2.05, 4.69) is 17.1 Å². The molecule has 24 heavy (non-hydrogen) atoms. The van der Waals surface area contributed by atoms with E-state index >= 15 is 0 Å². The number of rotatable bonds is 7. The summed E-state index contributed by atoms with van der Waals surface area (Å²) in [5, 5.41) is 2.89. The van der Waals surface area contributed by atoms with E-state index in [1.165, 1.54) is 0 Å². The highest BCUT2D eigenvalue weighted by Crippen LogP contribution is 2.40. The molecule has 0 aromatic heterocycles. The van der Waals surface area contributed by atoms with Gasteiger partial charge >= 0.3 is 0 Å². The van der Waals surface area contributed by atoms with Crippen molar-refractivity contribution < 1.29 is 19.0 Å². The zero-order chi connectivity index (χ0) is 17.7. The third kappa shape index (κ3) is 4.10. The number of likely N-dealkylation sites (tertiary alicyclic amines) is 1. The van der Waals surface area contributed by atoms with Crippen LogP contribution in [0.1, 0.15) is 13.3 Å². The van der Waals surface area contributed by atoms with Crippen LogP contribution < -0.4 is 25.3 Å². The molecule has 0 bridgehead atoms. The second-order valence-corrected chi connectivity index (χ2v) is 6.44. The maximum Gasteiger partial charge on any atom is 0.238 e. The van der Waals surface area contributed by atoms with Crippen molar-refractivity contribution in [2.24, 2.45) is 11.1 Å². The Hall–Kier alpha value is -1.99. The summed E-state index contributed by atoms with van der Waals surface area (Å²) < 4.78 is 15.9. The van der Waals surface area contributed by atoms with Gasteiger partial charge in [-0.25, -0.2) is 0 Å². The fourth-order valence-electron chi connectivity index (χ4n) is 2.98. The van der Waals surface area contributed by atoms with Crippen LogP contribution in [0.25, 0.3) is 0 Å². The predicted octanol–water partition coefficient (Wildman–Crippen LogP) is 1.32. The molecule has 1 heterocycles. The quantitative estimate of drug-likeness (QED) is 0.780. The molecule has 1 aromatic carbocycles. The summed E-state index contributed by atoms with van der Waals surface area (Å²) in [5.74, 6) is 1.43. The number of hydrogen-bond acceptors (Lipinski definition) is 6. The molecule has 0 radical (unpaired) electrons. The Balaban J connectivity index is 2.04. The van der Waals surface area contributed by atoms with E-state index in [0.29, 0.717) is 36.0 Å². The Morgan fingerprint density at radius 1 is 1.25 bits per heavy atom. The molecule has 1 atom stereocenters. The second-order valence-electron chi connectivity index (χ2n) is 6.44. The van der Waals surface area contributed by atoms with Crippen LogP contribution in [-0.2, 0) is 4.79 Å². The van der Waals surface area contributed by atoms with Crippen LogP contribution in [-0.4, -0.2) is 58.3 Å². The summed E-state index contributed by atoms with van der Waals surface area (Å²) in [5.41, 5.74) is 6.52. The second kappa shape index (κ2) is 7.72. The van der Waals surface area contributed by atoms with Crippen LogP contribution in [0, 0.1) is 5.41 Å². The number of anilines is 1. The molecule has 0 spiro atoms. The van der Waals surface area contributed by atoms with Crippen LogP contribution in [0.4, 0.5) is 5.69 Å². The van der Waals surface area contributed by atoms with Crippen LogP contribution in [0.3, 0.4) is 0 Å². The summed E-state index contributed by atoms with van der Waals surface area (Å²) in [7, 11) is 4.63. The normalized spacial score (nSPS) is 20.7. The van der Waals surface area contributed by atoms with Crippen molar-refractivity contribution in [1.82, 2.24) is 4.90 Å². The summed E-state index contributed by atoms with van der Waals surface area (Å²) in [6.07, 6.45) is 1.01. The molecule has 1 aliphatic rings. The molecule has 1 saturated heterocycles. The smallest absolute Gasteiger partial charge is 0.238 e. The lowest BCUT2D eigenvalue weighted by molar-refractivity contribution is -0.117. The third-order valence-corrected chi connectivity index (χ3v) is 4.45. The highest BCUT2D eigenvalue weighted by Gasteiger charge is 2.33. The molecule has 1 unspecified atom stereocenters. The molecule has 7 nitrogen and oxygen atoms in total. The lowest BCUT2D eigenvalue weighted by Gasteiger charge is -2.22. The number of ether oxygens (including phenoxy) is 3. The highest BCUT2D eigenvalue weighted by atomic mass is 16.5. The lowest BCUT2D eigenvalue weighted by atomic mass is 9.90. The molecular weight excluding hydrogens is 310 g/mol. The number of amides is 1. The standard InChI is InChI=1S/C17H27N3O4/c1-17(10-18)5-6-20(11-17)9-15(21)19-12-7-13(22-2)16(24-4)14(8-12)23-3/h7-8H,5-6,9-11,18H2,1-4H3,(H,19,21). The minimum Gasteiger partial charge on any atom is -0.493 e. The summed E-state index contributed by atoms with van der Waals surface area (Å²) in [4.78, 5) is 14.4. The Labute approximate surface area is 143 Å². The van der Waals surface area contributed by atoms with Crippen molar-refractivity contribution in [2.45, 2.75) is 13.3 Å². The van der Waals surface area contributed by atoms with Crippen LogP contribution >= 0.6 is 0 Å². The zero-order valence-electron chi connectivity index (χ0n) is 14.8. The molecule has 134 valence electrons. The van der Waals surface area contributed by atoms with Gasteiger partial charge in [0.2, 0.25) is 11.7 Å². The van der Waals surface area contributed by atoms with Gasteiger partial charge in [0.1, 0.15) is 0 Å². The van der Waals surface area contributed by atoms with Gasteiger partial charge in [0.15, 0.2) is 11.5 Å². The SMILES string of the molecule is COc1cc(NC(=O)CN2CCC(C)(CN)C2)cc(OC)c1OC. The van der Waals surface area contributed by atoms with Crippen LogP contribution in [0.5, 0.6) is 17.2 Å². The maximum absolute atomic E-state index is 12.3. The summed E-state index contributed by atoms with van der Waals surface area (Å²) in [6, 6.07) is 3.43. The van der Waals surface area contributed by atoms with Gasteiger partial charge in [-0.2, -0.15) is 0 Å². The lowest BCUT2D eigenvalue weighted by Crippen LogP contribution is -2.35. The molecule has 3 N–H and O–H groups in total. The number of carbonyl (C=O) groups excluding carboxylic acids is 1. The summed E-state index contributed by atoms with van der Waals surface area (Å²) in [6.45, 7) is 4.86. The molecule has 2 rings (SSSR count). The van der Waals surface area contributed by atoms with Crippen molar-refractivity contribution in [3.63, 3.8) is 0 Å². The van der Waals surface area contributed by atoms with Gasteiger partial charge in [0, 0.05) is 24.4 Å². The van der Waals surface area contributed by atoms with Gasteiger partial charge in [-0.3, -0.25) is 9.69 Å². The first kappa shape index (κ1) is 18.4. The first-order chi connectivity index (χ1) is 11.4. The Morgan fingerprint density at radius 2 is 1.88 bits per heavy atom. The number of benzene rings is 1. The topological polar surface area (TPSA) is 86.1 Å². The van der Waals surface area contributed by atoms with E-state index < -0.39 is 0 Å². The molecule has 1 amide bonds. The average molecular weight is 337 g/mol. The van der Waals surface area contributed by atoms with Crippen molar-refractivity contribution in [2.75, 3.05) is 52.8 Å². The van der Waals surface area contributed by atoms with Crippen LogP contribution in [0.15, 0.2) is 12.1 Å². The molecular formula is C17H27N3O4. The average Bonchev–Trinajstić information content (AvgIpc) is 2.95. The Bertz CT molecular complexity index is 568. The first-order valence-electron chi connectivity index (χ1n) is 7.97. The van der Waals surface area contributed by atoms with E-state index in [1.807, 2.05) is 0 Å². The molecule has 0 aliphatic carbocycles. The largest absolute Gasteiger partial charge is 0.493 e. The van der Waals surface area contributed by atoms with Gasteiger partial charge in [0.05, 0.1) is 27.9 Å². The number of nitrogens with zero attached hydrogens (tertiary/aromatic N) is 1. The number of methoxy groups -OCH3 is 3. The maximum atomic E-state index is 12.3. The minimum absolute atomic E-state index is 0.0782. The minimum atomic E-state index is -0.0782. The van der Waals surface area contributed by atoms with E-state index in [9.17, 15) is 4.79 Å². The molecule has 0 saturated carbocycles. The van der Waals surface area contributed by atoms with Gasteiger partial charge in [-0.1, -0.05) is 6.92 Å². The van der Waals surface area contributed by atoms with Gasteiger partial charge in [0.25, 0.3) is 0 Å². The fourth-order valence-corrected chi connectivity index (χ4v) is 2.98. The zero-order valence-corrected chi connectivity index (χ0v) is 14.8. The van der Waals surface area contributed by atoms with E-state index in [0.717, 1.165) is 19.5 Å². The Kier molecular flexibility index (Phi) is 5.90. The number of nitrogens with two attached hydrogens (primary N) is 1. The Morgan fingerprint density at radius 3 is 2.33 bits per heavy atom. The fraction of sp³-hybridized carbons (Fsp3) is 0.588. The monoisotopic (exact) mass is 337 g/mol. The number of nitrogens with one attached hydrogen (secondary N) is 1. The van der Waals surface area contributed by atoms with E-state index in [-0.39, 0.29) is 11.3 Å². The van der Waals surface area contributed by atoms with Gasteiger partial charge < -0.3 is 25.3 Å². The van der Waals surface area contributed by atoms with Crippen molar-refractivity contribution in [1.29, 1.82) is 0 Å². The van der Waals surface area contributed by atoms with Crippen molar-refractivity contribution in [3.05, 3.63) is 12.1 Å². The van der Waals surface area contributed by atoms with E-state index in [4.69, 9.17) is 19.9 Å². The van der Waals surface area contributed by atoms with Gasteiger partial charge in [-0.05, 0) is 24.9 Å². The number of hydrogen-bond donors (Lipinski definition) is 2. The third-order valence-electron chi connectivity index (χ3n) is 4.45. The van der Waals surface area contributed by atoms with E-state index in [1.54, 1.807) is 33.5 Å². The molecule has 1 fully saturated rings. The first-order valence-corrected chi connectivity index (χ1v) is 7.97. The van der Waals surface area contributed by atoms with Crippen molar-refractivity contribution in [3.8, 4) is 17.2 Å². The van der Waals surface area contributed by atoms with Crippen LogP contribution in [0.2, 0.25) is 0 Å². The van der Waals surface area contributed by atoms with Crippen molar-refractivity contribution >= 4 is 11.6 Å². The predicted molar refractivity (Wildman–Crippen MR) is 92.9 cm³/mol. The molecule has 1 aromatic rings. The number of carbonyl (C=O) groups is 1. The highest BCUT2D eigenvalue weighted by molar-refractivity contribution is 5.93. The van der Waals surface area contributed by atoms with Gasteiger partial charge in [-0.15, -0.1) is 0 Å². The molecule has 1 aliphatic heterocycles.